The maximum Gasteiger partial charge on any atom is 0.246 e. The Morgan fingerprint density at radius 1 is 1.00 bits per heavy atom. The first kappa shape index (κ1) is 40.5. The number of nitrogens with one attached hydrogen (secondary N) is 4. The summed E-state index contributed by atoms with van der Waals surface area (Å²) in [6.45, 7) is 9.99. The van der Waals surface area contributed by atoms with Gasteiger partial charge in [-0.05, 0) is 54.5 Å². The van der Waals surface area contributed by atoms with Gasteiger partial charge in [0.2, 0.25) is 23.6 Å². The molecule has 13 nitrogen and oxygen atoms in total. The number of nitrogens with zero attached hydrogens (tertiary/aromatic N) is 3. The number of aromatic nitrogens is 3. The Kier molecular flexibility index (Phi) is 12.8. The van der Waals surface area contributed by atoms with Crippen molar-refractivity contribution in [3.8, 4) is 10.4 Å². The lowest BCUT2D eigenvalue weighted by Crippen LogP contribution is -2.58. The van der Waals surface area contributed by atoms with Crippen molar-refractivity contribution in [3.63, 3.8) is 0 Å². The number of aryl methyl sites for hydroxylation is 2. The number of aliphatic hydroxyl groups is 1. The number of carbonyl (C=O) groups is 4. The number of aromatic amines is 1. The molecular weight excluding hydrogens is 731 g/mol. The summed E-state index contributed by atoms with van der Waals surface area (Å²) in [5.41, 5.74) is 7.13. The van der Waals surface area contributed by atoms with Crippen LogP contribution in [0.4, 0.5) is 0 Å². The standard InChI is InChI=1S/C42H51N7O6S/c1-25(28-8-10-29(11-9-28)38-26(2)45-24-56-38)46-40(53)35-21-30(50)23-49(35)41(54)39(42(3,4)5)48-37(52)15-18-55-19-17-44-36(51)13-7-27-6-12-31-32-22-43-16-14-33(32)47-34(31)20-27/h6,8-12,14,16,20,22,24-25,30,35,39,47,50H,7,13,15,17-19,21,23H2,1-5H3,(H,44,51)(H,46,53)(H,48,52)/t25-,30+,35-,39+/m0/s1. The number of amides is 4. The van der Waals surface area contributed by atoms with Crippen molar-refractivity contribution in [1.29, 1.82) is 0 Å². The van der Waals surface area contributed by atoms with E-state index < -0.39 is 29.5 Å². The van der Waals surface area contributed by atoms with Crippen LogP contribution in [0, 0.1) is 12.3 Å². The summed E-state index contributed by atoms with van der Waals surface area (Å²) < 4.78 is 5.62. The van der Waals surface area contributed by atoms with Gasteiger partial charge in [-0.25, -0.2) is 4.98 Å². The summed E-state index contributed by atoms with van der Waals surface area (Å²) in [4.78, 5) is 67.5. The van der Waals surface area contributed by atoms with Gasteiger partial charge in [-0.1, -0.05) is 57.2 Å². The van der Waals surface area contributed by atoms with E-state index in [4.69, 9.17) is 4.74 Å². The number of β-amino-alcohol motifs (C(OH)–C–C–N with tert-alkyl or cyclic N) is 1. The van der Waals surface area contributed by atoms with Crippen molar-refractivity contribution in [2.75, 3.05) is 26.3 Å². The van der Waals surface area contributed by atoms with E-state index in [1.807, 2.05) is 88.8 Å². The number of pyridine rings is 1. The van der Waals surface area contributed by atoms with E-state index >= 15 is 0 Å². The highest BCUT2D eigenvalue weighted by Gasteiger charge is 2.44. The third-order valence-corrected chi connectivity index (χ3v) is 11.2. The average Bonchev–Trinajstić information content (AvgIpc) is 3.89. The molecular formula is C42H51N7O6S. The molecule has 5 aromatic rings. The van der Waals surface area contributed by atoms with Gasteiger partial charge < -0.3 is 35.7 Å². The van der Waals surface area contributed by atoms with E-state index in [1.165, 1.54) is 4.90 Å². The number of thiazole rings is 1. The first-order chi connectivity index (χ1) is 26.8. The third-order valence-electron chi connectivity index (χ3n) is 10.2. The van der Waals surface area contributed by atoms with E-state index in [-0.39, 0.29) is 56.4 Å². The molecule has 5 N–H and O–H groups in total. The molecule has 0 spiro atoms. The number of aliphatic hydroxyl groups excluding tert-OH is 1. The summed E-state index contributed by atoms with van der Waals surface area (Å²) >= 11 is 1.57. The van der Waals surface area contributed by atoms with Gasteiger partial charge in [0.15, 0.2) is 0 Å². The smallest absolute Gasteiger partial charge is 0.246 e. The number of fused-ring (bicyclic) bond motifs is 3. The SMILES string of the molecule is Cc1ncsc1-c1ccc([C@H](C)NC(=O)[C@@H]2C[C@@H](O)CN2C(=O)[C@@H](NC(=O)CCOCCNC(=O)CCc2ccc3c(c2)[nH]c2ccncc23)C(C)(C)C)cc1. The minimum atomic E-state index is -0.941. The molecule has 1 saturated heterocycles. The molecule has 1 fully saturated rings. The lowest BCUT2D eigenvalue weighted by atomic mass is 9.85. The number of benzene rings is 2. The van der Waals surface area contributed by atoms with Crippen molar-refractivity contribution in [1.82, 2.24) is 35.8 Å². The lowest BCUT2D eigenvalue weighted by Gasteiger charge is -2.35. The Morgan fingerprint density at radius 3 is 2.52 bits per heavy atom. The van der Waals surface area contributed by atoms with Crippen LogP contribution < -0.4 is 16.0 Å². The number of ether oxygens (including phenoxy) is 1. The zero-order valence-electron chi connectivity index (χ0n) is 32.6. The summed E-state index contributed by atoms with van der Waals surface area (Å²) in [6.07, 6.45) is 3.75. The molecule has 4 heterocycles. The Balaban J connectivity index is 0.929. The predicted octanol–water partition coefficient (Wildman–Crippen LogP) is 4.97. The fourth-order valence-corrected chi connectivity index (χ4v) is 7.88. The van der Waals surface area contributed by atoms with Crippen molar-refractivity contribution in [3.05, 3.63) is 83.3 Å². The highest BCUT2D eigenvalue weighted by atomic mass is 32.1. The molecule has 0 bridgehead atoms. The molecule has 0 unspecified atom stereocenters. The highest BCUT2D eigenvalue weighted by molar-refractivity contribution is 7.13. The number of rotatable bonds is 15. The Morgan fingerprint density at radius 2 is 1.79 bits per heavy atom. The Labute approximate surface area is 330 Å². The molecule has 2 aromatic carbocycles. The van der Waals surface area contributed by atoms with E-state index in [0.29, 0.717) is 19.4 Å². The summed E-state index contributed by atoms with van der Waals surface area (Å²) in [7, 11) is 0. The molecule has 6 rings (SSSR count). The largest absolute Gasteiger partial charge is 0.391 e. The number of likely N-dealkylation sites (tertiary alicyclic amines) is 1. The van der Waals surface area contributed by atoms with Gasteiger partial charge >= 0.3 is 0 Å². The molecule has 0 saturated carbocycles. The second kappa shape index (κ2) is 17.7. The first-order valence-corrected chi connectivity index (χ1v) is 19.9. The zero-order valence-corrected chi connectivity index (χ0v) is 33.4. The normalized spacial score (nSPS) is 16.9. The van der Waals surface area contributed by atoms with E-state index in [0.717, 1.165) is 49.1 Å². The van der Waals surface area contributed by atoms with Crippen LogP contribution in [0.3, 0.4) is 0 Å². The molecule has 1 aliphatic rings. The van der Waals surface area contributed by atoms with Gasteiger partial charge in [0.1, 0.15) is 12.1 Å². The average molecular weight is 782 g/mol. The second-order valence-corrected chi connectivity index (χ2v) is 16.4. The summed E-state index contributed by atoms with van der Waals surface area (Å²) in [5, 5.41) is 21.5. The van der Waals surface area contributed by atoms with E-state index in [1.54, 1.807) is 17.5 Å². The topological polar surface area (TPSA) is 179 Å². The third kappa shape index (κ3) is 9.78. The molecule has 4 atom stereocenters. The van der Waals surface area contributed by atoms with Crippen molar-refractivity contribution in [2.45, 2.75) is 84.5 Å². The number of hydrogen-bond acceptors (Lipinski definition) is 9. The van der Waals surface area contributed by atoms with Gasteiger partial charge in [-0.2, -0.15) is 0 Å². The van der Waals surface area contributed by atoms with Crippen LogP contribution in [0.2, 0.25) is 0 Å². The van der Waals surface area contributed by atoms with Gasteiger partial charge in [-0.15, -0.1) is 11.3 Å². The first-order valence-electron chi connectivity index (χ1n) is 19.1. The Hall–Kier alpha value is -5.18. The van der Waals surface area contributed by atoms with E-state index in [9.17, 15) is 24.3 Å². The van der Waals surface area contributed by atoms with Gasteiger partial charge in [0, 0.05) is 66.6 Å². The fourth-order valence-electron chi connectivity index (χ4n) is 7.07. The summed E-state index contributed by atoms with van der Waals surface area (Å²) in [5.74, 6) is -1.27. The quantitative estimate of drug-likeness (QED) is 0.0925. The van der Waals surface area contributed by atoms with E-state index in [2.05, 4.69) is 37.0 Å². The maximum absolute atomic E-state index is 14.0. The van der Waals surface area contributed by atoms with Crippen molar-refractivity contribution < 1.29 is 29.0 Å². The van der Waals surface area contributed by atoms with Crippen LogP contribution in [0.15, 0.2) is 66.4 Å². The molecule has 14 heteroatoms. The van der Waals surface area contributed by atoms with Crippen molar-refractivity contribution >= 4 is 56.8 Å². The van der Waals surface area contributed by atoms with Crippen LogP contribution in [0.1, 0.15) is 69.8 Å². The monoisotopic (exact) mass is 781 g/mol. The van der Waals surface area contributed by atoms with Gasteiger partial charge in [0.25, 0.3) is 0 Å². The van der Waals surface area contributed by atoms with Crippen LogP contribution in [-0.2, 0) is 30.3 Å². The molecule has 1 aliphatic heterocycles. The molecule has 0 aliphatic carbocycles. The number of carbonyl (C=O) groups excluding carboxylic acids is 4. The Bertz CT molecular complexity index is 2180. The molecule has 0 radical (unpaired) electrons. The minimum absolute atomic E-state index is 0.00547. The van der Waals surface area contributed by atoms with Crippen LogP contribution >= 0.6 is 11.3 Å². The number of H-pyrrole nitrogens is 1. The molecule has 56 heavy (non-hydrogen) atoms. The van der Waals surface area contributed by atoms with Crippen LogP contribution in [0.5, 0.6) is 0 Å². The van der Waals surface area contributed by atoms with Crippen LogP contribution in [0.25, 0.3) is 32.2 Å². The van der Waals surface area contributed by atoms with Gasteiger partial charge in [0.05, 0.1) is 41.4 Å². The lowest BCUT2D eigenvalue weighted by molar-refractivity contribution is -0.144. The molecule has 296 valence electrons. The minimum Gasteiger partial charge on any atom is -0.391 e. The predicted molar refractivity (Wildman–Crippen MR) is 217 cm³/mol. The zero-order chi connectivity index (χ0) is 40.0. The second-order valence-electron chi connectivity index (χ2n) is 15.5. The fraction of sp³-hybridized carbons (Fsp3) is 0.429. The maximum atomic E-state index is 14.0. The van der Waals surface area contributed by atoms with Crippen LogP contribution in [-0.4, -0.2) is 93.1 Å². The summed E-state index contributed by atoms with van der Waals surface area (Å²) in [6, 6.07) is 13.8. The highest BCUT2D eigenvalue weighted by Crippen LogP contribution is 2.30. The van der Waals surface area contributed by atoms with Gasteiger partial charge in [-0.3, -0.25) is 24.2 Å². The van der Waals surface area contributed by atoms with Crippen molar-refractivity contribution in [2.24, 2.45) is 5.41 Å². The molecule has 4 amide bonds. The number of hydrogen-bond donors (Lipinski definition) is 5. The molecule has 3 aromatic heterocycles.